The van der Waals surface area contributed by atoms with Crippen molar-refractivity contribution in [2.24, 2.45) is 10.9 Å². The number of hydrogen-bond donors (Lipinski definition) is 4. The molecule has 0 spiro atoms. The Morgan fingerprint density at radius 2 is 2.22 bits per heavy atom. The molecule has 0 saturated carbocycles. The molecule has 7 heteroatoms. The van der Waals surface area contributed by atoms with Gasteiger partial charge in [0.1, 0.15) is 5.82 Å². The van der Waals surface area contributed by atoms with E-state index in [1.807, 2.05) is 0 Å². The zero-order chi connectivity index (χ0) is 13.5. The third-order valence-electron chi connectivity index (χ3n) is 2.24. The molecule has 18 heavy (non-hydrogen) atoms. The lowest BCUT2D eigenvalue weighted by atomic mass is 10.1. The van der Waals surface area contributed by atoms with Crippen LogP contribution in [0.1, 0.15) is 11.1 Å². The first-order valence-corrected chi connectivity index (χ1v) is 6.37. The van der Waals surface area contributed by atoms with Crippen LogP contribution in [0.25, 0.3) is 0 Å². The Morgan fingerprint density at radius 1 is 1.50 bits per heavy atom. The minimum absolute atomic E-state index is 0.0401. The van der Waals surface area contributed by atoms with Crippen LogP contribution in [0.4, 0.5) is 4.39 Å². The molecular weight excluding hydrogens is 259 g/mol. The lowest BCUT2D eigenvalue weighted by Crippen LogP contribution is -2.16. The molecule has 1 unspecified atom stereocenters. The van der Waals surface area contributed by atoms with Crippen molar-refractivity contribution in [3.63, 3.8) is 0 Å². The average molecular weight is 274 g/mol. The fourth-order valence-electron chi connectivity index (χ4n) is 1.30. The number of aliphatic hydroxyl groups excluding tert-OH is 2. The number of halogens is 1. The smallest absolute Gasteiger partial charge is 0.173 e. The van der Waals surface area contributed by atoms with Gasteiger partial charge in [0.2, 0.25) is 0 Å². The van der Waals surface area contributed by atoms with Gasteiger partial charge in [0.25, 0.3) is 0 Å². The summed E-state index contributed by atoms with van der Waals surface area (Å²) >= 11 is 1.29. The van der Waals surface area contributed by atoms with Crippen molar-refractivity contribution in [2.75, 3.05) is 12.4 Å². The fraction of sp³-hybridized carbons (Fsp3) is 0.364. The van der Waals surface area contributed by atoms with Crippen LogP contribution in [0, 0.1) is 5.82 Å². The van der Waals surface area contributed by atoms with Gasteiger partial charge in [0, 0.05) is 11.5 Å². The normalized spacial score (nSPS) is 13.6. The summed E-state index contributed by atoms with van der Waals surface area (Å²) in [7, 11) is 0. The summed E-state index contributed by atoms with van der Waals surface area (Å²) in [4.78, 5) is 0. The van der Waals surface area contributed by atoms with E-state index in [2.05, 4.69) is 5.16 Å². The summed E-state index contributed by atoms with van der Waals surface area (Å²) < 4.78 is 13.9. The van der Waals surface area contributed by atoms with Gasteiger partial charge < -0.3 is 21.2 Å². The van der Waals surface area contributed by atoms with Crippen LogP contribution in [-0.4, -0.2) is 39.7 Å². The van der Waals surface area contributed by atoms with Gasteiger partial charge in [-0.05, 0) is 11.6 Å². The molecule has 0 amide bonds. The summed E-state index contributed by atoms with van der Waals surface area (Å²) in [5.74, 6) is -0.187. The highest BCUT2D eigenvalue weighted by molar-refractivity contribution is 7.98. The van der Waals surface area contributed by atoms with Gasteiger partial charge >= 0.3 is 0 Å². The van der Waals surface area contributed by atoms with E-state index >= 15 is 0 Å². The number of oxime groups is 1. The summed E-state index contributed by atoms with van der Waals surface area (Å²) in [6.07, 6.45) is -0.815. The van der Waals surface area contributed by atoms with Gasteiger partial charge in [0.05, 0.1) is 18.3 Å². The van der Waals surface area contributed by atoms with Crippen molar-refractivity contribution < 1.29 is 19.8 Å². The quantitative estimate of drug-likeness (QED) is 0.262. The SMILES string of the molecule is N/C(=N/O)c1cccc(CSCC(O)CO)c1F. The molecule has 5 nitrogen and oxygen atoms in total. The van der Waals surface area contributed by atoms with E-state index in [4.69, 9.17) is 21.2 Å². The molecule has 1 atom stereocenters. The van der Waals surface area contributed by atoms with E-state index in [1.54, 1.807) is 12.1 Å². The Balaban J connectivity index is 2.72. The van der Waals surface area contributed by atoms with Crippen LogP contribution in [0.15, 0.2) is 23.4 Å². The van der Waals surface area contributed by atoms with E-state index in [0.717, 1.165) is 0 Å². The molecule has 0 fully saturated rings. The number of nitrogens with zero attached hydrogens (tertiary/aromatic N) is 1. The predicted octanol–water partition coefficient (Wildman–Crippen LogP) is 0.507. The molecule has 0 heterocycles. The van der Waals surface area contributed by atoms with Crippen LogP contribution in [-0.2, 0) is 5.75 Å². The van der Waals surface area contributed by atoms with Gasteiger partial charge in [0.15, 0.2) is 5.84 Å². The zero-order valence-electron chi connectivity index (χ0n) is 9.58. The number of nitrogens with two attached hydrogens (primary N) is 1. The number of aliphatic hydroxyl groups is 2. The first-order chi connectivity index (χ1) is 8.60. The van der Waals surface area contributed by atoms with Crippen molar-refractivity contribution in [1.29, 1.82) is 0 Å². The van der Waals surface area contributed by atoms with E-state index in [9.17, 15) is 4.39 Å². The average Bonchev–Trinajstić information content (AvgIpc) is 2.39. The van der Waals surface area contributed by atoms with Crippen molar-refractivity contribution in [3.8, 4) is 0 Å². The second-order valence-corrected chi connectivity index (χ2v) is 4.65. The second kappa shape index (κ2) is 7.20. The van der Waals surface area contributed by atoms with E-state index in [1.165, 1.54) is 17.8 Å². The minimum atomic E-state index is -0.815. The van der Waals surface area contributed by atoms with Gasteiger partial charge in [-0.1, -0.05) is 17.3 Å². The lowest BCUT2D eigenvalue weighted by molar-refractivity contribution is 0.113. The van der Waals surface area contributed by atoms with Crippen molar-refractivity contribution in [3.05, 3.63) is 35.1 Å². The Hall–Kier alpha value is -1.31. The van der Waals surface area contributed by atoms with Crippen molar-refractivity contribution >= 4 is 17.6 Å². The van der Waals surface area contributed by atoms with Gasteiger partial charge in [-0.25, -0.2) is 4.39 Å². The minimum Gasteiger partial charge on any atom is -0.409 e. The maximum Gasteiger partial charge on any atom is 0.173 e. The Bertz CT molecular complexity index is 429. The molecule has 0 bridgehead atoms. The van der Waals surface area contributed by atoms with Gasteiger partial charge in [-0.3, -0.25) is 0 Å². The van der Waals surface area contributed by atoms with Crippen molar-refractivity contribution in [1.82, 2.24) is 0 Å². The molecule has 1 rings (SSSR count). The zero-order valence-corrected chi connectivity index (χ0v) is 10.4. The second-order valence-electron chi connectivity index (χ2n) is 3.62. The summed E-state index contributed by atoms with van der Waals surface area (Å²) in [5, 5.41) is 29.1. The molecule has 100 valence electrons. The standard InChI is InChI=1S/C11H15FN2O3S/c12-10-7(5-18-6-8(16)4-15)2-1-3-9(10)11(13)14-17/h1-3,8,15-17H,4-6H2,(H2,13,14). The van der Waals surface area contributed by atoms with Crippen LogP contribution < -0.4 is 5.73 Å². The van der Waals surface area contributed by atoms with Crippen LogP contribution in [0.5, 0.6) is 0 Å². The van der Waals surface area contributed by atoms with Crippen LogP contribution >= 0.6 is 11.8 Å². The third-order valence-corrected chi connectivity index (χ3v) is 3.38. The Kier molecular flexibility index (Phi) is 5.90. The fourth-order valence-corrected chi connectivity index (χ4v) is 2.24. The third kappa shape index (κ3) is 3.86. The molecule has 0 aliphatic carbocycles. The Morgan fingerprint density at radius 3 is 2.83 bits per heavy atom. The highest BCUT2D eigenvalue weighted by atomic mass is 32.2. The first kappa shape index (κ1) is 14.7. The summed E-state index contributed by atoms with van der Waals surface area (Å²) in [6, 6.07) is 4.61. The highest BCUT2D eigenvalue weighted by Gasteiger charge is 2.12. The van der Waals surface area contributed by atoms with Gasteiger partial charge in [-0.15, -0.1) is 0 Å². The molecule has 0 aliphatic heterocycles. The predicted molar refractivity (Wildman–Crippen MR) is 68.2 cm³/mol. The summed E-state index contributed by atoms with van der Waals surface area (Å²) in [5.41, 5.74) is 5.78. The number of thioether (sulfide) groups is 1. The van der Waals surface area contributed by atoms with E-state index < -0.39 is 11.9 Å². The number of hydrogen-bond acceptors (Lipinski definition) is 5. The largest absolute Gasteiger partial charge is 0.409 e. The van der Waals surface area contributed by atoms with Crippen LogP contribution in [0.2, 0.25) is 0 Å². The molecule has 1 aromatic carbocycles. The monoisotopic (exact) mass is 274 g/mol. The van der Waals surface area contributed by atoms with E-state index in [-0.39, 0.29) is 18.0 Å². The number of benzene rings is 1. The molecule has 0 saturated heterocycles. The molecule has 5 N–H and O–H groups in total. The maximum absolute atomic E-state index is 13.9. The number of amidine groups is 1. The molecule has 0 aromatic heterocycles. The van der Waals surface area contributed by atoms with Gasteiger partial charge in [-0.2, -0.15) is 11.8 Å². The Labute approximate surface area is 108 Å². The molecule has 0 radical (unpaired) electrons. The van der Waals surface area contributed by atoms with Crippen molar-refractivity contribution in [2.45, 2.75) is 11.9 Å². The van der Waals surface area contributed by atoms with Crippen LogP contribution in [0.3, 0.4) is 0 Å². The molecule has 0 aliphatic rings. The first-order valence-electron chi connectivity index (χ1n) is 5.22. The lowest BCUT2D eigenvalue weighted by Gasteiger charge is -2.09. The molecular formula is C11H15FN2O3S. The maximum atomic E-state index is 13.9. The molecule has 1 aromatic rings. The number of rotatable bonds is 6. The van der Waals surface area contributed by atoms with E-state index in [0.29, 0.717) is 17.1 Å². The summed E-state index contributed by atoms with van der Waals surface area (Å²) in [6.45, 7) is -0.320. The topological polar surface area (TPSA) is 99.1 Å². The highest BCUT2D eigenvalue weighted by Crippen LogP contribution is 2.19.